The zero-order valence-corrected chi connectivity index (χ0v) is 12.2. The quantitative estimate of drug-likeness (QED) is 0.705. The van der Waals surface area contributed by atoms with Crippen LogP contribution >= 0.6 is 0 Å². The minimum atomic E-state index is -0.255. The highest BCUT2D eigenvalue weighted by molar-refractivity contribution is 5.79. The van der Waals surface area contributed by atoms with E-state index in [4.69, 9.17) is 5.73 Å². The van der Waals surface area contributed by atoms with Crippen LogP contribution in [0.4, 0.5) is 0 Å². The van der Waals surface area contributed by atoms with Crippen LogP contribution in [-0.2, 0) is 4.79 Å². The number of nitrogens with one attached hydrogen (secondary N) is 2. The van der Waals surface area contributed by atoms with Gasteiger partial charge in [0.05, 0.1) is 6.04 Å². The van der Waals surface area contributed by atoms with Crippen LogP contribution in [-0.4, -0.2) is 31.6 Å². The Balaban J connectivity index is 0. The first kappa shape index (κ1) is 18.7. The molecular formula is C13H31N3O. The molecule has 0 spiro atoms. The number of nitrogens with two attached hydrogens (primary N) is 1. The summed E-state index contributed by atoms with van der Waals surface area (Å²) in [5.74, 6) is -0.255. The fraction of sp³-hybridized carbons (Fsp3) is 0.923. The molecule has 1 aliphatic rings. The van der Waals surface area contributed by atoms with Gasteiger partial charge in [0.15, 0.2) is 0 Å². The topological polar surface area (TPSA) is 67.2 Å². The maximum atomic E-state index is 10.9. The van der Waals surface area contributed by atoms with Gasteiger partial charge in [-0.2, -0.15) is 0 Å². The maximum absolute atomic E-state index is 10.9. The van der Waals surface area contributed by atoms with E-state index in [0.29, 0.717) is 6.04 Å². The minimum absolute atomic E-state index is 0.185. The molecule has 1 fully saturated rings. The third kappa shape index (κ3) is 9.12. The van der Waals surface area contributed by atoms with Gasteiger partial charge in [-0.3, -0.25) is 4.79 Å². The lowest BCUT2D eigenvalue weighted by molar-refractivity contribution is -0.120. The predicted molar refractivity (Wildman–Crippen MR) is 75.0 cm³/mol. The summed E-state index contributed by atoms with van der Waals surface area (Å²) >= 11 is 0. The van der Waals surface area contributed by atoms with Gasteiger partial charge in [0.1, 0.15) is 0 Å². The molecule has 0 bridgehead atoms. The number of rotatable bonds is 4. The molecule has 1 heterocycles. The molecule has 1 saturated heterocycles. The van der Waals surface area contributed by atoms with Gasteiger partial charge in [0.2, 0.25) is 5.91 Å². The SMILES string of the molecule is CC.CC.CNC(CC1CCCCN1)C(N)=O. The van der Waals surface area contributed by atoms with Crippen LogP contribution in [0.5, 0.6) is 0 Å². The molecule has 17 heavy (non-hydrogen) atoms. The Bertz CT molecular complexity index is 168. The van der Waals surface area contributed by atoms with Crippen molar-refractivity contribution in [3.63, 3.8) is 0 Å². The fourth-order valence-corrected chi connectivity index (χ4v) is 1.79. The highest BCUT2D eigenvalue weighted by Gasteiger charge is 2.20. The van der Waals surface area contributed by atoms with Crippen molar-refractivity contribution in [2.24, 2.45) is 5.73 Å². The molecule has 1 amide bonds. The Kier molecular flexibility index (Phi) is 14.8. The molecule has 4 nitrogen and oxygen atoms in total. The van der Waals surface area contributed by atoms with E-state index in [9.17, 15) is 4.79 Å². The number of hydrogen-bond acceptors (Lipinski definition) is 3. The lowest BCUT2D eigenvalue weighted by Crippen LogP contribution is -2.46. The molecule has 104 valence electrons. The van der Waals surface area contributed by atoms with Gasteiger partial charge in [0.25, 0.3) is 0 Å². The van der Waals surface area contributed by atoms with E-state index in [1.165, 1.54) is 12.8 Å². The van der Waals surface area contributed by atoms with Gasteiger partial charge in [0, 0.05) is 6.04 Å². The average Bonchev–Trinajstić information content (AvgIpc) is 2.41. The summed E-state index contributed by atoms with van der Waals surface area (Å²) in [5.41, 5.74) is 5.24. The van der Waals surface area contributed by atoms with Crippen LogP contribution in [0.15, 0.2) is 0 Å². The molecule has 0 saturated carbocycles. The molecule has 1 aliphatic heterocycles. The van der Waals surface area contributed by atoms with Gasteiger partial charge < -0.3 is 16.4 Å². The molecule has 0 aromatic carbocycles. The highest BCUT2D eigenvalue weighted by atomic mass is 16.1. The smallest absolute Gasteiger partial charge is 0.234 e. The second-order valence-corrected chi connectivity index (χ2v) is 3.63. The van der Waals surface area contributed by atoms with Crippen LogP contribution in [0.3, 0.4) is 0 Å². The Hall–Kier alpha value is -0.610. The van der Waals surface area contributed by atoms with E-state index >= 15 is 0 Å². The van der Waals surface area contributed by atoms with Gasteiger partial charge in [-0.1, -0.05) is 34.1 Å². The summed E-state index contributed by atoms with van der Waals surface area (Å²) in [6.45, 7) is 9.07. The van der Waals surface area contributed by atoms with Crippen molar-refractivity contribution in [1.82, 2.24) is 10.6 Å². The molecule has 4 heteroatoms. The van der Waals surface area contributed by atoms with Gasteiger partial charge in [-0.25, -0.2) is 0 Å². The van der Waals surface area contributed by atoms with Gasteiger partial charge in [-0.15, -0.1) is 0 Å². The lowest BCUT2D eigenvalue weighted by atomic mass is 9.98. The molecule has 2 unspecified atom stereocenters. The van der Waals surface area contributed by atoms with Crippen molar-refractivity contribution in [2.75, 3.05) is 13.6 Å². The second-order valence-electron chi connectivity index (χ2n) is 3.63. The Morgan fingerprint density at radius 2 is 1.94 bits per heavy atom. The first-order chi connectivity index (χ1) is 8.24. The van der Waals surface area contributed by atoms with Crippen molar-refractivity contribution >= 4 is 5.91 Å². The molecule has 2 atom stereocenters. The van der Waals surface area contributed by atoms with Crippen molar-refractivity contribution in [2.45, 2.75) is 65.5 Å². The summed E-state index contributed by atoms with van der Waals surface area (Å²) in [6.07, 6.45) is 4.47. The summed E-state index contributed by atoms with van der Waals surface area (Å²) in [7, 11) is 1.78. The standard InChI is InChI=1S/C9H19N3O.2C2H6/c1-11-8(9(10)13)6-7-4-2-3-5-12-7;2*1-2/h7-8,11-12H,2-6H2,1H3,(H2,10,13);2*1-2H3. The molecule has 0 aromatic rings. The van der Waals surface area contributed by atoms with Crippen molar-refractivity contribution in [3.8, 4) is 0 Å². The Morgan fingerprint density at radius 3 is 2.29 bits per heavy atom. The third-order valence-corrected chi connectivity index (χ3v) is 2.62. The predicted octanol–water partition coefficient (Wildman–Crippen LogP) is 1.64. The highest BCUT2D eigenvalue weighted by Crippen LogP contribution is 2.11. The van der Waals surface area contributed by atoms with Crippen molar-refractivity contribution in [1.29, 1.82) is 0 Å². The normalized spacial score (nSPS) is 20.2. The van der Waals surface area contributed by atoms with Crippen LogP contribution in [0, 0.1) is 0 Å². The third-order valence-electron chi connectivity index (χ3n) is 2.62. The maximum Gasteiger partial charge on any atom is 0.234 e. The average molecular weight is 245 g/mol. The molecule has 0 radical (unpaired) electrons. The van der Waals surface area contributed by atoms with E-state index in [1.807, 2.05) is 27.7 Å². The van der Waals surface area contributed by atoms with E-state index in [2.05, 4.69) is 10.6 Å². The van der Waals surface area contributed by atoms with Crippen molar-refractivity contribution in [3.05, 3.63) is 0 Å². The summed E-state index contributed by atoms with van der Waals surface area (Å²) in [6, 6.07) is 0.272. The van der Waals surface area contributed by atoms with Crippen LogP contribution in [0.25, 0.3) is 0 Å². The molecule has 0 aliphatic carbocycles. The second kappa shape index (κ2) is 13.5. The van der Waals surface area contributed by atoms with Gasteiger partial charge >= 0.3 is 0 Å². The first-order valence-electron chi connectivity index (χ1n) is 6.94. The summed E-state index contributed by atoms with van der Waals surface area (Å²) in [5, 5.41) is 6.33. The largest absolute Gasteiger partial charge is 0.368 e. The first-order valence-corrected chi connectivity index (χ1v) is 6.94. The van der Waals surface area contributed by atoms with Gasteiger partial charge in [-0.05, 0) is 32.9 Å². The van der Waals surface area contributed by atoms with Crippen LogP contribution in [0.2, 0.25) is 0 Å². The van der Waals surface area contributed by atoms with E-state index in [1.54, 1.807) is 7.05 Å². The number of likely N-dealkylation sites (N-methyl/N-ethyl adjacent to an activating group) is 1. The van der Waals surface area contributed by atoms with E-state index < -0.39 is 0 Å². The molecule has 1 rings (SSSR count). The summed E-state index contributed by atoms with van der Waals surface area (Å²) < 4.78 is 0. The molecule has 4 N–H and O–H groups in total. The zero-order valence-electron chi connectivity index (χ0n) is 12.2. The Labute approximate surface area is 107 Å². The zero-order chi connectivity index (χ0) is 13.7. The number of piperidine rings is 1. The number of hydrogen-bond donors (Lipinski definition) is 3. The molecular weight excluding hydrogens is 214 g/mol. The van der Waals surface area contributed by atoms with Crippen LogP contribution < -0.4 is 16.4 Å². The molecule has 0 aromatic heterocycles. The number of amides is 1. The monoisotopic (exact) mass is 245 g/mol. The minimum Gasteiger partial charge on any atom is -0.368 e. The summed E-state index contributed by atoms with van der Waals surface area (Å²) in [4.78, 5) is 10.9. The number of carbonyl (C=O) groups excluding carboxylic acids is 1. The fourth-order valence-electron chi connectivity index (χ4n) is 1.79. The van der Waals surface area contributed by atoms with Crippen LogP contribution in [0.1, 0.15) is 53.4 Å². The van der Waals surface area contributed by atoms with E-state index in [0.717, 1.165) is 19.4 Å². The van der Waals surface area contributed by atoms with Crippen molar-refractivity contribution < 1.29 is 4.79 Å². The lowest BCUT2D eigenvalue weighted by Gasteiger charge is -2.26. The number of primary amides is 1. The Morgan fingerprint density at radius 1 is 1.35 bits per heavy atom. The number of carbonyl (C=O) groups is 1. The van der Waals surface area contributed by atoms with E-state index in [-0.39, 0.29) is 11.9 Å².